The minimum Gasteiger partial charge on any atom is -0.330 e. The summed E-state index contributed by atoms with van der Waals surface area (Å²) in [5.41, 5.74) is 7.53. The molecule has 3 rings (SSSR count). The van der Waals surface area contributed by atoms with Crippen molar-refractivity contribution in [3.63, 3.8) is 0 Å². The second-order valence-corrected chi connectivity index (χ2v) is 6.29. The highest BCUT2D eigenvalue weighted by Gasteiger charge is 2.31. The Morgan fingerprint density at radius 3 is 2.64 bits per heavy atom. The van der Waals surface area contributed by atoms with Gasteiger partial charge in [-0.05, 0) is 55.6 Å². The number of anilines is 2. The first-order valence-electron chi connectivity index (χ1n) is 8.50. The van der Waals surface area contributed by atoms with E-state index in [-0.39, 0.29) is 23.7 Å². The summed E-state index contributed by atoms with van der Waals surface area (Å²) in [6.45, 7) is 0.534. The van der Waals surface area contributed by atoms with Crippen molar-refractivity contribution in [2.75, 3.05) is 17.2 Å². The van der Waals surface area contributed by atoms with Crippen LogP contribution in [0.4, 0.5) is 11.4 Å². The normalized spacial score (nSPS) is 19.4. The van der Waals surface area contributed by atoms with Gasteiger partial charge in [-0.15, -0.1) is 0 Å². The van der Waals surface area contributed by atoms with Gasteiger partial charge in [-0.2, -0.15) is 0 Å². The number of hydrogen-bond acceptors (Lipinski definition) is 4. The largest absolute Gasteiger partial charge is 0.330 e. The molecule has 0 bridgehead atoms. The highest BCUT2D eigenvalue weighted by Crippen LogP contribution is 2.31. The lowest BCUT2D eigenvalue weighted by atomic mass is 9.95. The Morgan fingerprint density at radius 1 is 1.08 bits per heavy atom. The lowest BCUT2D eigenvalue weighted by molar-refractivity contribution is -0.120. The molecular weight excluding hydrogens is 316 g/mol. The van der Waals surface area contributed by atoms with Crippen molar-refractivity contribution >= 4 is 23.2 Å². The van der Waals surface area contributed by atoms with Crippen LogP contribution in [0.3, 0.4) is 0 Å². The van der Waals surface area contributed by atoms with E-state index in [4.69, 9.17) is 5.73 Å². The topological polar surface area (TPSA) is 97.1 Å². The number of hydrogen-bond donors (Lipinski definition) is 3. The molecule has 2 amide bonds. The Bertz CT molecular complexity index is 748. The van der Waals surface area contributed by atoms with Gasteiger partial charge in [-0.1, -0.05) is 12.5 Å². The van der Waals surface area contributed by atoms with Crippen LogP contribution in [0, 0.1) is 11.8 Å². The zero-order valence-corrected chi connectivity index (χ0v) is 13.9. The van der Waals surface area contributed by atoms with Crippen molar-refractivity contribution < 1.29 is 9.59 Å². The number of nitrogens with zero attached hydrogens (tertiary/aromatic N) is 1. The Balaban J connectivity index is 1.67. The van der Waals surface area contributed by atoms with E-state index in [0.717, 1.165) is 19.3 Å². The van der Waals surface area contributed by atoms with Crippen LogP contribution in [-0.2, 0) is 4.79 Å². The number of aromatic nitrogens is 1. The molecule has 0 radical (unpaired) electrons. The smallest absolute Gasteiger partial charge is 0.255 e. The lowest BCUT2D eigenvalue weighted by Crippen LogP contribution is -2.29. The quantitative estimate of drug-likeness (QED) is 0.781. The Hall–Kier alpha value is -2.73. The van der Waals surface area contributed by atoms with Crippen LogP contribution < -0.4 is 16.4 Å². The number of benzene rings is 1. The average molecular weight is 338 g/mol. The van der Waals surface area contributed by atoms with E-state index < -0.39 is 0 Å². The van der Waals surface area contributed by atoms with E-state index in [1.165, 1.54) is 0 Å². The molecule has 1 fully saturated rings. The summed E-state index contributed by atoms with van der Waals surface area (Å²) in [7, 11) is 0. The molecule has 0 saturated heterocycles. The van der Waals surface area contributed by atoms with Gasteiger partial charge in [0.15, 0.2) is 0 Å². The Kier molecular flexibility index (Phi) is 5.40. The molecule has 0 spiro atoms. The maximum absolute atomic E-state index is 12.5. The maximum atomic E-state index is 12.5. The van der Waals surface area contributed by atoms with Gasteiger partial charge in [-0.25, -0.2) is 0 Å². The standard InChI is InChI=1S/C19H22N4O2/c20-12-14-4-2-6-17(14)19(25)23-16-5-1-3-13(11-16)18(24)22-15-7-9-21-10-8-15/h1,3,5,7-11,14,17H,2,4,6,12,20H2,(H,23,25)(H,21,22,24)/t14-,17-/m1/s1. The van der Waals surface area contributed by atoms with Crippen molar-refractivity contribution in [2.24, 2.45) is 17.6 Å². The summed E-state index contributed by atoms with van der Waals surface area (Å²) in [6.07, 6.45) is 6.14. The highest BCUT2D eigenvalue weighted by atomic mass is 16.2. The van der Waals surface area contributed by atoms with Crippen LogP contribution in [0.25, 0.3) is 0 Å². The van der Waals surface area contributed by atoms with Gasteiger partial charge in [-0.3, -0.25) is 14.6 Å². The number of amides is 2. The first kappa shape index (κ1) is 17.1. The first-order valence-corrected chi connectivity index (χ1v) is 8.50. The molecule has 2 aromatic rings. The number of nitrogens with one attached hydrogen (secondary N) is 2. The van der Waals surface area contributed by atoms with E-state index in [2.05, 4.69) is 15.6 Å². The maximum Gasteiger partial charge on any atom is 0.255 e. The molecule has 1 aromatic heterocycles. The van der Waals surface area contributed by atoms with Crippen LogP contribution in [0.2, 0.25) is 0 Å². The highest BCUT2D eigenvalue weighted by molar-refractivity contribution is 6.05. The van der Waals surface area contributed by atoms with E-state index in [1.54, 1.807) is 48.8 Å². The van der Waals surface area contributed by atoms with Crippen molar-refractivity contribution in [3.8, 4) is 0 Å². The minimum absolute atomic E-state index is 0.0142. The molecule has 0 aliphatic heterocycles. The molecule has 1 aromatic carbocycles. The van der Waals surface area contributed by atoms with Crippen LogP contribution in [0.5, 0.6) is 0 Å². The Labute approximate surface area is 146 Å². The third-order valence-electron chi connectivity index (χ3n) is 4.63. The third kappa shape index (κ3) is 4.22. The van der Waals surface area contributed by atoms with Crippen molar-refractivity contribution in [1.29, 1.82) is 0 Å². The number of carbonyl (C=O) groups is 2. The monoisotopic (exact) mass is 338 g/mol. The van der Waals surface area contributed by atoms with Gasteiger partial charge in [0.1, 0.15) is 0 Å². The SMILES string of the molecule is NC[C@H]1CCC[C@H]1C(=O)Nc1cccc(C(=O)Nc2ccncc2)c1. The molecule has 130 valence electrons. The van der Waals surface area contributed by atoms with Crippen molar-refractivity contribution in [2.45, 2.75) is 19.3 Å². The summed E-state index contributed by atoms with van der Waals surface area (Å²) in [5, 5.41) is 5.72. The second kappa shape index (κ2) is 7.90. The zero-order valence-electron chi connectivity index (χ0n) is 13.9. The number of rotatable bonds is 5. The molecule has 1 heterocycles. The van der Waals surface area contributed by atoms with Crippen LogP contribution >= 0.6 is 0 Å². The number of nitrogens with two attached hydrogens (primary N) is 1. The predicted octanol–water partition coefficient (Wildman–Crippen LogP) is 2.65. The molecule has 6 heteroatoms. The molecule has 4 N–H and O–H groups in total. The van der Waals surface area contributed by atoms with Gasteiger partial charge in [0.25, 0.3) is 5.91 Å². The molecule has 1 aliphatic rings. The minimum atomic E-state index is -0.233. The third-order valence-corrected chi connectivity index (χ3v) is 4.63. The number of pyridine rings is 1. The van der Waals surface area contributed by atoms with Crippen molar-refractivity contribution in [1.82, 2.24) is 4.98 Å². The molecule has 6 nitrogen and oxygen atoms in total. The average Bonchev–Trinajstić information content (AvgIpc) is 3.12. The van der Waals surface area contributed by atoms with Gasteiger partial charge in [0.05, 0.1) is 0 Å². The summed E-state index contributed by atoms with van der Waals surface area (Å²) in [6, 6.07) is 10.4. The van der Waals surface area contributed by atoms with E-state index in [9.17, 15) is 9.59 Å². The molecule has 2 atom stereocenters. The van der Waals surface area contributed by atoms with E-state index in [1.807, 2.05) is 0 Å². The summed E-state index contributed by atoms with van der Waals surface area (Å²) >= 11 is 0. The zero-order chi connectivity index (χ0) is 17.6. The molecule has 25 heavy (non-hydrogen) atoms. The van der Waals surface area contributed by atoms with Gasteiger partial charge in [0, 0.05) is 35.2 Å². The van der Waals surface area contributed by atoms with Gasteiger partial charge >= 0.3 is 0 Å². The van der Waals surface area contributed by atoms with Crippen molar-refractivity contribution in [3.05, 3.63) is 54.4 Å². The fourth-order valence-electron chi connectivity index (χ4n) is 3.28. The fraction of sp³-hybridized carbons (Fsp3) is 0.316. The number of carbonyl (C=O) groups excluding carboxylic acids is 2. The van der Waals surface area contributed by atoms with E-state index >= 15 is 0 Å². The van der Waals surface area contributed by atoms with Crippen LogP contribution in [0.15, 0.2) is 48.8 Å². The second-order valence-electron chi connectivity index (χ2n) is 6.29. The van der Waals surface area contributed by atoms with E-state index in [0.29, 0.717) is 23.5 Å². The van der Waals surface area contributed by atoms with Crippen LogP contribution in [-0.4, -0.2) is 23.3 Å². The lowest BCUT2D eigenvalue weighted by Gasteiger charge is -2.17. The Morgan fingerprint density at radius 2 is 1.88 bits per heavy atom. The molecular formula is C19H22N4O2. The first-order chi connectivity index (χ1) is 12.2. The fourth-order valence-corrected chi connectivity index (χ4v) is 3.28. The van der Waals surface area contributed by atoms with Gasteiger partial charge in [0.2, 0.25) is 5.91 Å². The summed E-state index contributed by atoms with van der Waals surface area (Å²) in [5.74, 6) is -0.0416. The van der Waals surface area contributed by atoms with Gasteiger partial charge < -0.3 is 16.4 Å². The predicted molar refractivity (Wildman–Crippen MR) is 97.1 cm³/mol. The van der Waals surface area contributed by atoms with Crippen LogP contribution in [0.1, 0.15) is 29.6 Å². The molecule has 1 saturated carbocycles. The summed E-state index contributed by atoms with van der Waals surface area (Å²) in [4.78, 5) is 28.7. The molecule has 1 aliphatic carbocycles. The molecule has 0 unspecified atom stereocenters. The summed E-state index contributed by atoms with van der Waals surface area (Å²) < 4.78 is 0.